The number of hydrazone groups is 1. The molecule has 1 aliphatic heterocycles. The van der Waals surface area contributed by atoms with E-state index in [0.717, 1.165) is 9.13 Å². The number of benzene rings is 3. The first-order valence-corrected chi connectivity index (χ1v) is 16.5. The number of carbonyl (C=O) groups excluding carboxylic acids is 4. The first kappa shape index (κ1) is 37.5. The van der Waals surface area contributed by atoms with Crippen LogP contribution in [0.1, 0.15) is 53.9 Å². The second kappa shape index (κ2) is 17.9. The molecule has 0 fully saturated rings. The van der Waals surface area contributed by atoms with Gasteiger partial charge in [0.15, 0.2) is 29.6 Å². The van der Waals surface area contributed by atoms with Crippen molar-refractivity contribution in [3.05, 3.63) is 91.7 Å². The summed E-state index contributed by atoms with van der Waals surface area (Å²) in [5, 5.41) is 9.41. The zero-order valence-electron chi connectivity index (χ0n) is 28.1. The molecule has 3 amide bonds. The van der Waals surface area contributed by atoms with Crippen LogP contribution in [0.3, 0.4) is 0 Å². The van der Waals surface area contributed by atoms with Crippen molar-refractivity contribution in [3.63, 3.8) is 0 Å². The first-order valence-electron chi connectivity index (χ1n) is 15.4. The number of ether oxygens (including phenoxy) is 6. The van der Waals surface area contributed by atoms with Gasteiger partial charge in [-0.25, -0.2) is 19.8 Å². The van der Waals surface area contributed by atoms with Crippen LogP contribution in [0.2, 0.25) is 0 Å². The van der Waals surface area contributed by atoms with Crippen molar-refractivity contribution >= 4 is 52.7 Å². The average Bonchev–Trinajstić information content (AvgIpc) is 3.10. The van der Waals surface area contributed by atoms with E-state index in [1.54, 1.807) is 69.3 Å². The number of amides is 3. The monoisotopic (exact) mass is 800 g/mol. The Hall–Kier alpha value is -5.32. The molecule has 14 nitrogen and oxygen atoms in total. The van der Waals surface area contributed by atoms with Crippen LogP contribution in [0.25, 0.3) is 0 Å². The standard InChI is InChI=1S/C35H37IN4O10/c1-6-47-33(42)22-10-8-21(9-11-22)18-50-32-24(14-25(36)16-28(32)46-5)17-37-40-29(41)19-49-26-13-12-23(15-27(26)45-4)31-30(34(43)48-7-2)20(3)38-35(44)39-31/h8-17,31H,6-7,18-19H2,1-5H3,(H,40,41)(H2,38,39,44)/b37-17+/t31-/m1/s1. The van der Waals surface area contributed by atoms with E-state index in [9.17, 15) is 19.2 Å². The Morgan fingerprint density at radius 3 is 2.28 bits per heavy atom. The van der Waals surface area contributed by atoms with Crippen molar-refractivity contribution in [1.82, 2.24) is 16.1 Å². The molecule has 4 rings (SSSR count). The number of hydrogen-bond acceptors (Lipinski definition) is 11. The molecule has 3 aromatic rings. The molecule has 0 aromatic heterocycles. The predicted molar refractivity (Wildman–Crippen MR) is 190 cm³/mol. The number of nitrogens with zero attached hydrogens (tertiary/aromatic N) is 1. The first-order chi connectivity index (χ1) is 24.1. The molecule has 0 radical (unpaired) electrons. The van der Waals surface area contributed by atoms with Gasteiger partial charge in [-0.3, -0.25) is 4.79 Å². The molecule has 1 heterocycles. The topological polar surface area (TPSA) is 172 Å². The van der Waals surface area contributed by atoms with E-state index in [2.05, 4.69) is 43.8 Å². The molecule has 0 bridgehead atoms. The zero-order chi connectivity index (χ0) is 36.2. The maximum absolute atomic E-state index is 12.7. The summed E-state index contributed by atoms with van der Waals surface area (Å²) >= 11 is 2.14. The van der Waals surface area contributed by atoms with Crippen LogP contribution in [-0.4, -0.2) is 64.1 Å². The fraction of sp³-hybridized carbons (Fsp3) is 0.286. The predicted octanol–water partition coefficient (Wildman–Crippen LogP) is 4.78. The maximum atomic E-state index is 12.7. The van der Waals surface area contributed by atoms with Gasteiger partial charge in [0.25, 0.3) is 5.91 Å². The zero-order valence-corrected chi connectivity index (χ0v) is 30.2. The fourth-order valence-electron chi connectivity index (χ4n) is 4.85. The molecule has 0 unspecified atom stereocenters. The largest absolute Gasteiger partial charge is 0.493 e. The number of nitrogens with one attached hydrogen (secondary N) is 3. The van der Waals surface area contributed by atoms with Gasteiger partial charge in [0, 0.05) is 14.8 Å². The number of rotatable bonds is 15. The van der Waals surface area contributed by atoms with Crippen LogP contribution in [0, 0.1) is 3.57 Å². The highest BCUT2D eigenvalue weighted by Gasteiger charge is 2.32. The van der Waals surface area contributed by atoms with Crippen molar-refractivity contribution in [2.45, 2.75) is 33.4 Å². The number of hydrogen-bond donors (Lipinski definition) is 3. The molecule has 15 heteroatoms. The Morgan fingerprint density at radius 2 is 1.60 bits per heavy atom. The lowest BCUT2D eigenvalue weighted by molar-refractivity contribution is -0.139. The summed E-state index contributed by atoms with van der Waals surface area (Å²) in [7, 11) is 2.95. The van der Waals surface area contributed by atoms with Gasteiger partial charge in [0.05, 0.1) is 50.8 Å². The van der Waals surface area contributed by atoms with E-state index < -0.39 is 36.5 Å². The van der Waals surface area contributed by atoms with Crippen LogP contribution in [0.15, 0.2) is 71.0 Å². The van der Waals surface area contributed by atoms with Crippen LogP contribution >= 0.6 is 22.6 Å². The Balaban J connectivity index is 1.41. The highest BCUT2D eigenvalue weighted by Crippen LogP contribution is 2.35. The van der Waals surface area contributed by atoms with E-state index in [4.69, 9.17) is 28.4 Å². The molecule has 0 saturated carbocycles. The van der Waals surface area contributed by atoms with Crippen molar-refractivity contribution < 1.29 is 47.6 Å². The quantitative estimate of drug-likeness (QED) is 0.0841. The molecular weight excluding hydrogens is 763 g/mol. The summed E-state index contributed by atoms with van der Waals surface area (Å²) in [4.78, 5) is 49.5. The Labute approximate surface area is 302 Å². The average molecular weight is 801 g/mol. The molecule has 264 valence electrons. The number of carbonyl (C=O) groups is 4. The maximum Gasteiger partial charge on any atom is 0.338 e. The SMILES string of the molecule is CCOC(=O)C1=C(C)NC(=O)N[C@@H]1c1ccc(OCC(=O)N/N=C/c2cc(I)cc(OC)c2OCc2ccc(C(=O)OCC)cc2)c(OC)c1. The number of urea groups is 1. The van der Waals surface area contributed by atoms with E-state index in [1.807, 2.05) is 6.07 Å². The van der Waals surface area contributed by atoms with Crippen LogP contribution in [0.5, 0.6) is 23.0 Å². The van der Waals surface area contributed by atoms with Crippen LogP contribution in [0.4, 0.5) is 4.79 Å². The van der Waals surface area contributed by atoms with Crippen molar-refractivity contribution in [3.8, 4) is 23.0 Å². The Bertz CT molecular complexity index is 1790. The summed E-state index contributed by atoms with van der Waals surface area (Å²) in [6.07, 6.45) is 1.43. The van der Waals surface area contributed by atoms with Gasteiger partial charge < -0.3 is 39.1 Å². The highest BCUT2D eigenvalue weighted by atomic mass is 127. The number of methoxy groups -OCH3 is 2. The van der Waals surface area contributed by atoms with E-state index >= 15 is 0 Å². The normalized spacial score (nSPS) is 14.0. The van der Waals surface area contributed by atoms with Crippen LogP contribution < -0.4 is 35.0 Å². The second-order valence-electron chi connectivity index (χ2n) is 10.5. The minimum atomic E-state index is -0.797. The van der Waals surface area contributed by atoms with Crippen molar-refractivity contribution in [2.24, 2.45) is 5.10 Å². The smallest absolute Gasteiger partial charge is 0.338 e. The third-order valence-corrected chi connectivity index (χ3v) is 7.78. The molecule has 50 heavy (non-hydrogen) atoms. The third-order valence-electron chi connectivity index (χ3n) is 7.15. The molecule has 1 atom stereocenters. The van der Waals surface area contributed by atoms with E-state index in [0.29, 0.717) is 33.9 Å². The number of allylic oxidation sites excluding steroid dienone is 1. The lowest BCUT2D eigenvalue weighted by Crippen LogP contribution is -2.45. The molecule has 1 aliphatic rings. The summed E-state index contributed by atoms with van der Waals surface area (Å²) in [6, 6.07) is 14.1. The van der Waals surface area contributed by atoms with Gasteiger partial charge in [-0.1, -0.05) is 18.2 Å². The van der Waals surface area contributed by atoms with Gasteiger partial charge in [0.2, 0.25) is 0 Å². The lowest BCUT2D eigenvalue weighted by atomic mass is 9.95. The van der Waals surface area contributed by atoms with E-state index in [1.165, 1.54) is 20.4 Å². The van der Waals surface area contributed by atoms with Crippen molar-refractivity contribution in [2.75, 3.05) is 34.0 Å². The van der Waals surface area contributed by atoms with Gasteiger partial charge >= 0.3 is 18.0 Å². The Morgan fingerprint density at radius 1 is 0.900 bits per heavy atom. The fourth-order valence-corrected chi connectivity index (χ4v) is 5.47. The summed E-state index contributed by atoms with van der Waals surface area (Å²) in [5.74, 6) is -0.118. The third kappa shape index (κ3) is 9.64. The molecule has 3 N–H and O–H groups in total. The minimum Gasteiger partial charge on any atom is -0.493 e. The van der Waals surface area contributed by atoms with Crippen LogP contribution in [-0.2, 0) is 25.7 Å². The summed E-state index contributed by atoms with van der Waals surface area (Å²) < 4.78 is 33.9. The van der Waals surface area contributed by atoms with Gasteiger partial charge in [-0.05, 0) is 90.9 Å². The highest BCUT2D eigenvalue weighted by molar-refractivity contribution is 14.1. The number of halogens is 1. The second-order valence-corrected chi connectivity index (χ2v) is 11.8. The molecule has 3 aromatic carbocycles. The molecule has 0 saturated heterocycles. The molecular formula is C35H37IN4O10. The van der Waals surface area contributed by atoms with Gasteiger partial charge in [-0.15, -0.1) is 0 Å². The number of esters is 2. The minimum absolute atomic E-state index is 0.169. The molecule has 0 aliphatic carbocycles. The van der Waals surface area contributed by atoms with Crippen molar-refractivity contribution in [1.29, 1.82) is 0 Å². The van der Waals surface area contributed by atoms with Gasteiger partial charge in [-0.2, -0.15) is 5.10 Å². The van der Waals surface area contributed by atoms with Gasteiger partial charge in [0.1, 0.15) is 6.61 Å². The Kier molecular flexibility index (Phi) is 13.4. The molecule has 0 spiro atoms. The lowest BCUT2D eigenvalue weighted by Gasteiger charge is -2.28. The summed E-state index contributed by atoms with van der Waals surface area (Å²) in [6.45, 7) is 5.29. The summed E-state index contributed by atoms with van der Waals surface area (Å²) in [5.41, 5.74) is 5.40. The van der Waals surface area contributed by atoms with E-state index in [-0.39, 0.29) is 36.9 Å².